The van der Waals surface area contributed by atoms with E-state index in [9.17, 15) is 13.2 Å². The van der Waals surface area contributed by atoms with Crippen molar-refractivity contribution < 1.29 is 22.4 Å². The van der Waals surface area contributed by atoms with E-state index >= 15 is 0 Å². The van der Waals surface area contributed by atoms with Crippen molar-refractivity contribution in [2.75, 3.05) is 46.4 Å². The summed E-state index contributed by atoms with van der Waals surface area (Å²) < 4.78 is 49.8. The molecular weight excluding hydrogens is 495 g/mol. The van der Waals surface area contributed by atoms with Gasteiger partial charge in [0, 0.05) is 45.8 Å². The lowest BCUT2D eigenvalue weighted by Crippen LogP contribution is -2.47. The van der Waals surface area contributed by atoms with Crippen LogP contribution in [0.25, 0.3) is 0 Å². The average Bonchev–Trinajstić information content (AvgIpc) is 3.36. The van der Waals surface area contributed by atoms with Gasteiger partial charge >= 0.3 is 6.18 Å². The molecule has 0 bridgehead atoms. The molecule has 1 saturated carbocycles. The molecule has 7 nitrogen and oxygen atoms in total. The number of halogens is 3. The molecule has 10 heteroatoms. The number of nitrogens with zero attached hydrogens (tertiary/aromatic N) is 4. The number of rotatable bonds is 10. The molecule has 1 aliphatic carbocycles. The van der Waals surface area contributed by atoms with E-state index in [4.69, 9.17) is 14.2 Å². The maximum atomic E-state index is 13.0. The normalized spacial score (nSPS) is 18.3. The molecule has 2 aliphatic rings. The fourth-order valence-corrected chi connectivity index (χ4v) is 5.31. The van der Waals surface area contributed by atoms with Crippen molar-refractivity contribution in [3.63, 3.8) is 0 Å². The van der Waals surface area contributed by atoms with Gasteiger partial charge < -0.3 is 14.6 Å². The van der Waals surface area contributed by atoms with Crippen LogP contribution in [0.15, 0.2) is 53.1 Å². The largest absolute Gasteiger partial charge is 0.497 e. The second-order valence-corrected chi connectivity index (χ2v) is 10.2. The van der Waals surface area contributed by atoms with Crippen LogP contribution in [-0.4, -0.2) is 66.3 Å². The Morgan fingerprint density at radius 1 is 1.03 bits per heavy atom. The predicted molar refractivity (Wildman–Crippen MR) is 137 cm³/mol. The Hall–Kier alpha value is -2.95. The van der Waals surface area contributed by atoms with E-state index in [0.29, 0.717) is 24.5 Å². The number of hydrogen-bond acceptors (Lipinski definition) is 7. The first-order valence-corrected chi connectivity index (χ1v) is 13.1. The summed E-state index contributed by atoms with van der Waals surface area (Å²) in [5, 5.41) is 7.73. The van der Waals surface area contributed by atoms with Crippen molar-refractivity contribution >= 4 is 0 Å². The van der Waals surface area contributed by atoms with Gasteiger partial charge in [-0.2, -0.15) is 18.2 Å². The van der Waals surface area contributed by atoms with Crippen LogP contribution in [0.4, 0.5) is 13.2 Å². The zero-order chi connectivity index (χ0) is 26.6. The number of hydrogen-bond donors (Lipinski definition) is 1. The fraction of sp³-hybridized carbons (Fsp3) is 0.500. The van der Waals surface area contributed by atoms with E-state index in [-0.39, 0.29) is 5.41 Å². The number of nitrogens with one attached hydrogen (secondary N) is 1. The molecule has 0 amide bonds. The molecule has 3 aromatic rings. The zero-order valence-electron chi connectivity index (χ0n) is 21.6. The van der Waals surface area contributed by atoms with Crippen molar-refractivity contribution in [1.82, 2.24) is 25.3 Å². The highest BCUT2D eigenvalue weighted by Gasteiger charge is 2.44. The van der Waals surface area contributed by atoms with E-state index in [1.807, 2.05) is 12.1 Å². The number of piperazine rings is 1. The summed E-state index contributed by atoms with van der Waals surface area (Å²) in [5.74, 6) is 2.17. The summed E-state index contributed by atoms with van der Waals surface area (Å²) >= 11 is 0. The molecule has 1 aliphatic heterocycles. The van der Waals surface area contributed by atoms with Gasteiger partial charge in [0.05, 0.1) is 24.6 Å². The summed E-state index contributed by atoms with van der Waals surface area (Å²) in [7, 11) is 1.66. The Labute approximate surface area is 221 Å². The van der Waals surface area contributed by atoms with Gasteiger partial charge in [-0.15, -0.1) is 0 Å². The monoisotopic (exact) mass is 529 g/mol. The first-order chi connectivity index (χ1) is 18.4. The lowest BCUT2D eigenvalue weighted by atomic mass is 9.64. The van der Waals surface area contributed by atoms with Gasteiger partial charge in [0.15, 0.2) is 5.82 Å². The third kappa shape index (κ3) is 6.03. The second kappa shape index (κ2) is 11.4. The highest BCUT2D eigenvalue weighted by Crippen LogP contribution is 2.48. The van der Waals surface area contributed by atoms with Crippen LogP contribution in [-0.2, 0) is 24.7 Å². The van der Waals surface area contributed by atoms with Crippen LogP contribution < -0.4 is 10.1 Å². The number of alkyl halides is 3. The van der Waals surface area contributed by atoms with Crippen molar-refractivity contribution in [1.29, 1.82) is 0 Å². The summed E-state index contributed by atoms with van der Waals surface area (Å²) in [4.78, 5) is 9.29. The third-order valence-corrected chi connectivity index (χ3v) is 7.75. The van der Waals surface area contributed by atoms with E-state index in [1.54, 1.807) is 13.2 Å². The van der Waals surface area contributed by atoms with Gasteiger partial charge in [0.2, 0.25) is 5.89 Å². The van der Waals surface area contributed by atoms with Gasteiger partial charge in [-0.3, -0.25) is 9.80 Å². The number of benzene rings is 2. The Kier molecular flexibility index (Phi) is 8.01. The topological polar surface area (TPSA) is 66.7 Å². The molecule has 2 aromatic carbocycles. The van der Waals surface area contributed by atoms with E-state index in [2.05, 4.69) is 32.4 Å². The van der Waals surface area contributed by atoms with Crippen molar-refractivity contribution in [3.05, 3.63) is 76.9 Å². The molecular formula is C28H34F3N5O2. The van der Waals surface area contributed by atoms with Crippen LogP contribution in [0.3, 0.4) is 0 Å². The first-order valence-electron chi connectivity index (χ1n) is 13.1. The first kappa shape index (κ1) is 26.6. The molecule has 0 radical (unpaired) electrons. The Bertz CT molecular complexity index is 1190. The molecule has 0 atom stereocenters. The minimum absolute atomic E-state index is 0.179. The quantitative estimate of drug-likeness (QED) is 0.389. The van der Waals surface area contributed by atoms with Crippen LogP contribution in [0.2, 0.25) is 0 Å². The molecule has 38 heavy (non-hydrogen) atoms. The Balaban J connectivity index is 1.05. The van der Waals surface area contributed by atoms with Gasteiger partial charge in [-0.1, -0.05) is 41.9 Å². The minimum atomic E-state index is -4.31. The van der Waals surface area contributed by atoms with Gasteiger partial charge in [0.1, 0.15) is 5.75 Å². The van der Waals surface area contributed by atoms with Crippen molar-refractivity contribution in [3.8, 4) is 5.75 Å². The minimum Gasteiger partial charge on any atom is -0.497 e. The van der Waals surface area contributed by atoms with E-state index in [1.165, 1.54) is 17.7 Å². The smallest absolute Gasteiger partial charge is 0.416 e. The lowest BCUT2D eigenvalue weighted by molar-refractivity contribution is -0.137. The van der Waals surface area contributed by atoms with Crippen molar-refractivity contribution in [2.45, 2.75) is 43.9 Å². The second-order valence-electron chi connectivity index (χ2n) is 10.2. The van der Waals surface area contributed by atoms with Gasteiger partial charge in [-0.25, -0.2) is 0 Å². The third-order valence-electron chi connectivity index (χ3n) is 7.75. The molecule has 2 fully saturated rings. The number of aromatic nitrogens is 2. The summed E-state index contributed by atoms with van der Waals surface area (Å²) in [6.45, 7) is 6.15. The molecule has 1 saturated heterocycles. The predicted octanol–water partition coefficient (Wildman–Crippen LogP) is 4.47. The highest BCUT2D eigenvalue weighted by atomic mass is 19.4. The zero-order valence-corrected chi connectivity index (χ0v) is 21.6. The Morgan fingerprint density at radius 3 is 2.42 bits per heavy atom. The SMILES string of the molecule is COc1ccc(C2(c3noc(CNCCN4CCN(Cc5cccc(C(F)(F)F)c5)CC4)n3)CCC2)cc1. The highest BCUT2D eigenvalue weighted by molar-refractivity contribution is 5.39. The summed E-state index contributed by atoms with van der Waals surface area (Å²) in [6.07, 6.45) is -1.15. The molecule has 0 spiro atoms. The van der Waals surface area contributed by atoms with Gasteiger partial charge in [-0.05, 0) is 42.2 Å². The van der Waals surface area contributed by atoms with E-state index in [0.717, 1.165) is 76.2 Å². The van der Waals surface area contributed by atoms with Crippen LogP contribution >= 0.6 is 0 Å². The summed E-state index contributed by atoms with van der Waals surface area (Å²) in [6, 6.07) is 13.7. The molecule has 2 heterocycles. The van der Waals surface area contributed by atoms with Crippen LogP contribution in [0, 0.1) is 0 Å². The van der Waals surface area contributed by atoms with Gasteiger partial charge in [0.25, 0.3) is 0 Å². The molecule has 204 valence electrons. The lowest BCUT2D eigenvalue weighted by Gasteiger charge is -2.39. The van der Waals surface area contributed by atoms with E-state index < -0.39 is 11.7 Å². The number of ether oxygens (including phenoxy) is 1. The molecule has 0 unspecified atom stereocenters. The fourth-order valence-electron chi connectivity index (χ4n) is 5.31. The van der Waals surface area contributed by atoms with Crippen LogP contribution in [0.5, 0.6) is 5.75 Å². The van der Waals surface area contributed by atoms with Crippen molar-refractivity contribution in [2.24, 2.45) is 0 Å². The Morgan fingerprint density at radius 2 is 1.76 bits per heavy atom. The van der Waals surface area contributed by atoms with Crippen LogP contribution in [0.1, 0.15) is 47.7 Å². The standard InChI is InChI=1S/C28H34F3N5O2/c1-37-24-8-6-22(7-9-24)27(10-3-11-27)26-33-25(38-34-26)19-32-12-13-35-14-16-36(17-15-35)20-21-4-2-5-23(18-21)28(29,30)31/h2,4-9,18,32H,3,10-17,19-20H2,1H3. The molecule has 1 N–H and O–H groups in total. The average molecular weight is 530 g/mol. The molecule has 5 rings (SSSR count). The number of methoxy groups -OCH3 is 1. The molecule has 1 aromatic heterocycles. The maximum Gasteiger partial charge on any atom is 0.416 e. The maximum absolute atomic E-state index is 13.0. The summed E-state index contributed by atoms with van der Waals surface area (Å²) in [5.41, 5.74) is 1.13.